The standard InChI is InChI=1S/C21H20FN3O6S/c1-30-20(31-2)13-24(32(28,29)17-9-5-15(22)6-10-17)18-11-19(26)25(21(18)27)16-7-3-14(12-23)4-8-16/h3-10,18,20H,11,13H2,1-2H3. The van der Waals surface area contributed by atoms with Gasteiger partial charge in [0.05, 0.1) is 35.2 Å². The Labute approximate surface area is 184 Å². The second-order valence-corrected chi connectivity index (χ2v) is 8.77. The molecule has 3 rings (SSSR count). The van der Waals surface area contributed by atoms with Gasteiger partial charge in [-0.1, -0.05) is 0 Å². The van der Waals surface area contributed by atoms with E-state index >= 15 is 0 Å². The lowest BCUT2D eigenvalue weighted by Gasteiger charge is -2.29. The third-order valence-corrected chi connectivity index (χ3v) is 6.89. The van der Waals surface area contributed by atoms with Gasteiger partial charge >= 0.3 is 0 Å². The van der Waals surface area contributed by atoms with Crippen LogP contribution in [0.1, 0.15) is 12.0 Å². The average Bonchev–Trinajstić information content (AvgIpc) is 3.08. The molecule has 1 atom stereocenters. The lowest BCUT2D eigenvalue weighted by molar-refractivity contribution is -0.125. The maximum Gasteiger partial charge on any atom is 0.252 e. The summed E-state index contributed by atoms with van der Waals surface area (Å²) in [6, 6.07) is 10.5. The van der Waals surface area contributed by atoms with E-state index in [0.29, 0.717) is 5.56 Å². The molecule has 0 radical (unpaired) electrons. The number of ether oxygens (including phenoxy) is 2. The van der Waals surface area contributed by atoms with Crippen LogP contribution in [0.25, 0.3) is 0 Å². The monoisotopic (exact) mass is 461 g/mol. The van der Waals surface area contributed by atoms with Crippen molar-refractivity contribution in [2.75, 3.05) is 25.7 Å². The first-order valence-electron chi connectivity index (χ1n) is 9.43. The number of rotatable bonds is 8. The first-order valence-corrected chi connectivity index (χ1v) is 10.9. The molecule has 0 bridgehead atoms. The molecule has 32 heavy (non-hydrogen) atoms. The van der Waals surface area contributed by atoms with Crippen molar-refractivity contribution in [1.29, 1.82) is 5.26 Å². The molecule has 0 spiro atoms. The molecule has 2 aromatic carbocycles. The summed E-state index contributed by atoms with van der Waals surface area (Å²) in [6.07, 6.45) is -1.42. The third-order valence-electron chi connectivity index (χ3n) is 5.00. The van der Waals surface area contributed by atoms with Crippen molar-refractivity contribution in [1.82, 2.24) is 4.31 Å². The van der Waals surface area contributed by atoms with Gasteiger partial charge in [-0.2, -0.15) is 9.57 Å². The van der Waals surface area contributed by atoms with E-state index in [1.807, 2.05) is 6.07 Å². The Kier molecular flexibility index (Phi) is 7.00. The Hall–Kier alpha value is -3.17. The molecule has 1 unspecified atom stereocenters. The Bertz CT molecular complexity index is 1140. The van der Waals surface area contributed by atoms with Crippen molar-refractivity contribution < 1.29 is 31.9 Å². The Morgan fingerprint density at radius 3 is 2.25 bits per heavy atom. The van der Waals surface area contributed by atoms with Crippen molar-refractivity contribution in [2.24, 2.45) is 0 Å². The van der Waals surface area contributed by atoms with E-state index < -0.39 is 46.4 Å². The first kappa shape index (κ1) is 23.5. The zero-order valence-electron chi connectivity index (χ0n) is 17.3. The van der Waals surface area contributed by atoms with Crippen LogP contribution >= 0.6 is 0 Å². The molecular weight excluding hydrogens is 441 g/mol. The van der Waals surface area contributed by atoms with E-state index in [1.165, 1.54) is 38.5 Å². The molecule has 168 valence electrons. The lowest BCUT2D eigenvalue weighted by atomic mass is 10.2. The predicted molar refractivity (Wildman–Crippen MR) is 110 cm³/mol. The fourth-order valence-corrected chi connectivity index (χ4v) is 4.89. The highest BCUT2D eigenvalue weighted by Crippen LogP contribution is 2.30. The van der Waals surface area contributed by atoms with Crippen LogP contribution in [-0.2, 0) is 29.1 Å². The number of nitriles is 1. The molecule has 0 aromatic heterocycles. The molecule has 11 heteroatoms. The van der Waals surface area contributed by atoms with Crippen LogP contribution < -0.4 is 4.90 Å². The van der Waals surface area contributed by atoms with Crippen LogP contribution in [0.3, 0.4) is 0 Å². The topological polar surface area (TPSA) is 117 Å². The van der Waals surface area contributed by atoms with E-state index in [-0.39, 0.29) is 17.1 Å². The number of hydrogen-bond donors (Lipinski definition) is 0. The number of nitrogens with zero attached hydrogens (tertiary/aromatic N) is 3. The number of hydrogen-bond acceptors (Lipinski definition) is 7. The normalized spacial score (nSPS) is 16.8. The summed E-state index contributed by atoms with van der Waals surface area (Å²) in [5.41, 5.74) is 0.559. The second-order valence-electron chi connectivity index (χ2n) is 6.88. The summed E-state index contributed by atoms with van der Waals surface area (Å²) in [5.74, 6) is -1.98. The number of benzene rings is 2. The van der Waals surface area contributed by atoms with Crippen molar-refractivity contribution in [3.05, 3.63) is 59.9 Å². The Morgan fingerprint density at radius 1 is 1.12 bits per heavy atom. The van der Waals surface area contributed by atoms with E-state index in [2.05, 4.69) is 0 Å². The maximum absolute atomic E-state index is 13.4. The zero-order valence-corrected chi connectivity index (χ0v) is 18.1. The number of sulfonamides is 1. The van der Waals surface area contributed by atoms with Gasteiger partial charge in [0.2, 0.25) is 15.9 Å². The zero-order chi connectivity index (χ0) is 23.5. The lowest BCUT2D eigenvalue weighted by Crippen LogP contribution is -2.49. The summed E-state index contributed by atoms with van der Waals surface area (Å²) in [7, 11) is -1.71. The van der Waals surface area contributed by atoms with Gasteiger partial charge in [-0.25, -0.2) is 17.7 Å². The van der Waals surface area contributed by atoms with Gasteiger partial charge in [0.1, 0.15) is 11.9 Å². The van der Waals surface area contributed by atoms with Crippen LogP contribution in [0, 0.1) is 17.1 Å². The second kappa shape index (κ2) is 9.54. The van der Waals surface area contributed by atoms with Gasteiger partial charge in [0.15, 0.2) is 6.29 Å². The van der Waals surface area contributed by atoms with Crippen molar-refractivity contribution in [3.8, 4) is 6.07 Å². The van der Waals surface area contributed by atoms with Crippen LogP contribution in [0.15, 0.2) is 53.4 Å². The minimum atomic E-state index is -4.33. The van der Waals surface area contributed by atoms with Gasteiger partial charge in [0.25, 0.3) is 5.91 Å². The highest BCUT2D eigenvalue weighted by molar-refractivity contribution is 7.89. The van der Waals surface area contributed by atoms with E-state index in [9.17, 15) is 22.4 Å². The average molecular weight is 461 g/mol. The smallest absolute Gasteiger partial charge is 0.252 e. The third kappa shape index (κ3) is 4.53. The van der Waals surface area contributed by atoms with E-state index in [4.69, 9.17) is 14.7 Å². The van der Waals surface area contributed by atoms with Crippen LogP contribution in [-0.4, -0.2) is 57.6 Å². The Balaban J connectivity index is 2.00. The number of amides is 2. The minimum absolute atomic E-state index is 0.218. The molecule has 1 saturated heterocycles. The summed E-state index contributed by atoms with van der Waals surface area (Å²) in [4.78, 5) is 26.5. The minimum Gasteiger partial charge on any atom is -0.354 e. The Morgan fingerprint density at radius 2 is 1.72 bits per heavy atom. The molecule has 1 aliphatic rings. The molecule has 1 fully saturated rings. The highest BCUT2D eigenvalue weighted by atomic mass is 32.2. The fraction of sp³-hybridized carbons (Fsp3) is 0.286. The van der Waals surface area contributed by atoms with Crippen molar-refractivity contribution >= 4 is 27.5 Å². The fourth-order valence-electron chi connectivity index (χ4n) is 3.32. The van der Waals surface area contributed by atoms with Gasteiger partial charge in [-0.3, -0.25) is 9.59 Å². The molecule has 2 aromatic rings. The molecule has 0 saturated carbocycles. The van der Waals surface area contributed by atoms with Gasteiger partial charge in [0, 0.05) is 14.2 Å². The SMILES string of the molecule is COC(CN(C1CC(=O)N(c2ccc(C#N)cc2)C1=O)S(=O)(=O)c1ccc(F)cc1)OC. The molecule has 9 nitrogen and oxygen atoms in total. The van der Waals surface area contributed by atoms with Gasteiger partial charge in [-0.05, 0) is 48.5 Å². The number of methoxy groups -OCH3 is 2. The summed E-state index contributed by atoms with van der Waals surface area (Å²) >= 11 is 0. The number of imide groups is 1. The first-order chi connectivity index (χ1) is 15.2. The summed E-state index contributed by atoms with van der Waals surface area (Å²) in [6.45, 7) is -0.377. The molecule has 0 N–H and O–H groups in total. The molecule has 1 heterocycles. The number of halogens is 1. The molecule has 1 aliphatic heterocycles. The maximum atomic E-state index is 13.4. The quantitative estimate of drug-likeness (QED) is 0.433. The highest BCUT2D eigenvalue weighted by Gasteiger charge is 2.47. The van der Waals surface area contributed by atoms with Gasteiger partial charge < -0.3 is 9.47 Å². The predicted octanol–water partition coefficient (Wildman–Crippen LogP) is 1.64. The summed E-state index contributed by atoms with van der Waals surface area (Å²) < 4.78 is 51.1. The largest absolute Gasteiger partial charge is 0.354 e. The molecule has 2 amide bonds. The molecular formula is C21H20FN3O6S. The number of anilines is 1. The van der Waals surface area contributed by atoms with Crippen molar-refractivity contribution in [3.63, 3.8) is 0 Å². The van der Waals surface area contributed by atoms with Crippen LogP contribution in [0.5, 0.6) is 0 Å². The van der Waals surface area contributed by atoms with Gasteiger partial charge in [-0.15, -0.1) is 0 Å². The number of carbonyl (C=O) groups excluding carboxylic acids is 2. The van der Waals surface area contributed by atoms with E-state index in [1.54, 1.807) is 0 Å². The van der Waals surface area contributed by atoms with Crippen LogP contribution in [0.4, 0.5) is 10.1 Å². The van der Waals surface area contributed by atoms with Crippen molar-refractivity contribution in [2.45, 2.75) is 23.6 Å². The summed E-state index contributed by atoms with van der Waals surface area (Å²) in [5, 5.41) is 8.94. The number of carbonyl (C=O) groups is 2. The van der Waals surface area contributed by atoms with Crippen LogP contribution in [0.2, 0.25) is 0 Å². The molecule has 0 aliphatic carbocycles. The van der Waals surface area contributed by atoms with E-state index in [0.717, 1.165) is 33.5 Å².